The number of ether oxygens (including phenoxy) is 1. The molecule has 1 aromatic rings. The number of benzene rings is 1. The second-order valence-electron chi connectivity index (χ2n) is 7.34. The highest BCUT2D eigenvalue weighted by molar-refractivity contribution is 5.25. The fraction of sp³-hybridized carbons (Fsp3) is 0.684. The third-order valence-electron chi connectivity index (χ3n) is 3.67. The van der Waals surface area contributed by atoms with Crippen LogP contribution in [0.3, 0.4) is 0 Å². The third-order valence-corrected chi connectivity index (χ3v) is 3.67. The van der Waals surface area contributed by atoms with Gasteiger partial charge in [0.05, 0.1) is 6.10 Å². The predicted octanol–water partition coefficient (Wildman–Crippen LogP) is 4.36. The van der Waals surface area contributed by atoms with Crippen molar-refractivity contribution in [3.63, 3.8) is 0 Å². The molecule has 1 N–H and O–H groups in total. The first-order valence-electron chi connectivity index (χ1n) is 8.19. The molecule has 0 radical (unpaired) electrons. The first-order valence-corrected chi connectivity index (χ1v) is 8.19. The lowest BCUT2D eigenvalue weighted by atomic mass is 9.93. The van der Waals surface area contributed by atoms with Gasteiger partial charge in [-0.05, 0) is 78.0 Å². The van der Waals surface area contributed by atoms with E-state index in [0.717, 1.165) is 26.0 Å². The van der Waals surface area contributed by atoms with Crippen LogP contribution in [0.5, 0.6) is 0 Å². The van der Waals surface area contributed by atoms with Crippen LogP contribution in [-0.4, -0.2) is 24.8 Å². The smallest absolute Gasteiger partial charge is 0.0518 e. The Kier molecular flexibility index (Phi) is 7.41. The fourth-order valence-corrected chi connectivity index (χ4v) is 2.35. The van der Waals surface area contributed by atoms with Crippen molar-refractivity contribution < 1.29 is 4.74 Å². The average Bonchev–Trinajstić information content (AvgIpc) is 2.37. The molecule has 0 saturated heterocycles. The summed E-state index contributed by atoms with van der Waals surface area (Å²) in [6.07, 6.45) is 2.55. The van der Waals surface area contributed by atoms with E-state index in [2.05, 4.69) is 71.1 Å². The largest absolute Gasteiger partial charge is 0.379 e. The summed E-state index contributed by atoms with van der Waals surface area (Å²) >= 11 is 0. The molecule has 0 aliphatic heterocycles. The zero-order valence-electron chi connectivity index (χ0n) is 14.7. The van der Waals surface area contributed by atoms with E-state index in [-0.39, 0.29) is 5.54 Å². The Morgan fingerprint density at radius 1 is 1.14 bits per heavy atom. The van der Waals surface area contributed by atoms with Crippen LogP contribution in [0.1, 0.15) is 52.2 Å². The molecule has 0 aromatic heterocycles. The summed E-state index contributed by atoms with van der Waals surface area (Å²) in [6, 6.07) is 8.71. The molecular formula is C19H33NO. The van der Waals surface area contributed by atoms with Crippen LogP contribution in [0.2, 0.25) is 0 Å². The first kappa shape index (κ1) is 18.2. The van der Waals surface area contributed by atoms with Crippen molar-refractivity contribution in [2.75, 3.05) is 13.2 Å². The lowest BCUT2D eigenvalue weighted by Gasteiger charge is -2.26. The van der Waals surface area contributed by atoms with Crippen molar-refractivity contribution in [1.29, 1.82) is 0 Å². The zero-order chi connectivity index (χ0) is 15.9. The van der Waals surface area contributed by atoms with Gasteiger partial charge in [0.15, 0.2) is 0 Å². The van der Waals surface area contributed by atoms with Crippen LogP contribution in [-0.2, 0) is 11.2 Å². The van der Waals surface area contributed by atoms with Crippen LogP contribution >= 0.6 is 0 Å². The van der Waals surface area contributed by atoms with Crippen molar-refractivity contribution in [2.24, 2.45) is 5.92 Å². The zero-order valence-corrected chi connectivity index (χ0v) is 14.7. The number of hydrogen-bond acceptors (Lipinski definition) is 2. The summed E-state index contributed by atoms with van der Waals surface area (Å²) in [6.45, 7) is 15.0. The number of hydrogen-bond donors (Lipinski definition) is 1. The highest BCUT2D eigenvalue weighted by Crippen LogP contribution is 2.17. The van der Waals surface area contributed by atoms with Crippen LogP contribution in [0, 0.1) is 12.8 Å². The predicted molar refractivity (Wildman–Crippen MR) is 91.8 cm³/mol. The minimum atomic E-state index is 0.170. The average molecular weight is 291 g/mol. The molecular weight excluding hydrogens is 258 g/mol. The van der Waals surface area contributed by atoms with E-state index in [1.807, 2.05) is 0 Å². The van der Waals surface area contributed by atoms with Gasteiger partial charge in [-0.25, -0.2) is 0 Å². The standard InChI is InChI=1S/C19H33NO/c1-15(2)21-12-11-17(14-20-19(4,5)6)13-18-10-8-7-9-16(18)3/h7-10,15,17,20H,11-14H2,1-6H3. The van der Waals surface area contributed by atoms with Crippen LogP contribution < -0.4 is 5.32 Å². The van der Waals surface area contributed by atoms with Crippen LogP contribution in [0.25, 0.3) is 0 Å². The van der Waals surface area contributed by atoms with E-state index in [0.29, 0.717) is 12.0 Å². The molecule has 1 rings (SSSR count). The Hall–Kier alpha value is -0.860. The molecule has 1 aromatic carbocycles. The minimum Gasteiger partial charge on any atom is -0.379 e. The van der Waals surface area contributed by atoms with Gasteiger partial charge in [-0.15, -0.1) is 0 Å². The highest BCUT2D eigenvalue weighted by atomic mass is 16.5. The van der Waals surface area contributed by atoms with Gasteiger partial charge in [-0.3, -0.25) is 0 Å². The molecule has 0 bridgehead atoms. The van der Waals surface area contributed by atoms with Crippen molar-refractivity contribution >= 4 is 0 Å². The van der Waals surface area contributed by atoms with Crippen LogP contribution in [0.15, 0.2) is 24.3 Å². The van der Waals surface area contributed by atoms with Crippen molar-refractivity contribution in [3.8, 4) is 0 Å². The molecule has 0 spiro atoms. The molecule has 0 fully saturated rings. The summed E-state index contributed by atoms with van der Waals surface area (Å²) in [7, 11) is 0. The molecule has 2 heteroatoms. The van der Waals surface area contributed by atoms with Gasteiger partial charge < -0.3 is 10.1 Å². The molecule has 0 saturated carbocycles. The molecule has 21 heavy (non-hydrogen) atoms. The van der Waals surface area contributed by atoms with Gasteiger partial charge in [-0.2, -0.15) is 0 Å². The Morgan fingerprint density at radius 2 is 1.81 bits per heavy atom. The number of aryl methyl sites for hydroxylation is 1. The maximum atomic E-state index is 5.74. The van der Waals surface area contributed by atoms with Gasteiger partial charge in [0, 0.05) is 12.1 Å². The minimum absolute atomic E-state index is 0.170. The fourth-order valence-electron chi connectivity index (χ4n) is 2.35. The molecule has 0 aliphatic rings. The summed E-state index contributed by atoms with van der Waals surface area (Å²) in [4.78, 5) is 0. The van der Waals surface area contributed by atoms with E-state index < -0.39 is 0 Å². The topological polar surface area (TPSA) is 21.3 Å². The Morgan fingerprint density at radius 3 is 2.38 bits per heavy atom. The van der Waals surface area contributed by atoms with Gasteiger partial charge in [0.25, 0.3) is 0 Å². The second kappa shape index (κ2) is 8.55. The van der Waals surface area contributed by atoms with E-state index in [4.69, 9.17) is 4.74 Å². The molecule has 0 amide bonds. The van der Waals surface area contributed by atoms with Crippen molar-refractivity contribution in [1.82, 2.24) is 5.32 Å². The molecule has 2 nitrogen and oxygen atoms in total. The summed E-state index contributed by atoms with van der Waals surface area (Å²) < 4.78 is 5.74. The Labute approximate surface area is 131 Å². The molecule has 0 aliphatic carbocycles. The van der Waals surface area contributed by atoms with Crippen LogP contribution in [0.4, 0.5) is 0 Å². The van der Waals surface area contributed by atoms with Crippen molar-refractivity contribution in [2.45, 2.75) is 66.0 Å². The summed E-state index contributed by atoms with van der Waals surface area (Å²) in [5.74, 6) is 0.615. The van der Waals surface area contributed by atoms with E-state index >= 15 is 0 Å². The van der Waals surface area contributed by atoms with Gasteiger partial charge in [0.1, 0.15) is 0 Å². The Bertz CT molecular complexity index is 406. The maximum absolute atomic E-state index is 5.74. The maximum Gasteiger partial charge on any atom is 0.0518 e. The molecule has 0 heterocycles. The lowest BCUT2D eigenvalue weighted by molar-refractivity contribution is 0.0677. The lowest BCUT2D eigenvalue weighted by Crippen LogP contribution is -2.40. The Balaban J connectivity index is 2.60. The third kappa shape index (κ3) is 8.23. The van der Waals surface area contributed by atoms with Gasteiger partial charge in [0.2, 0.25) is 0 Å². The second-order valence-corrected chi connectivity index (χ2v) is 7.34. The summed E-state index contributed by atoms with van der Waals surface area (Å²) in [5, 5.41) is 3.64. The SMILES string of the molecule is Cc1ccccc1CC(CCOC(C)C)CNC(C)(C)C. The molecule has 1 atom stereocenters. The van der Waals surface area contributed by atoms with E-state index in [1.54, 1.807) is 0 Å². The van der Waals surface area contributed by atoms with E-state index in [9.17, 15) is 0 Å². The quantitative estimate of drug-likeness (QED) is 0.768. The summed E-state index contributed by atoms with van der Waals surface area (Å²) in [5.41, 5.74) is 3.02. The van der Waals surface area contributed by atoms with Gasteiger partial charge >= 0.3 is 0 Å². The van der Waals surface area contributed by atoms with Gasteiger partial charge in [-0.1, -0.05) is 24.3 Å². The van der Waals surface area contributed by atoms with Crippen molar-refractivity contribution in [3.05, 3.63) is 35.4 Å². The monoisotopic (exact) mass is 291 g/mol. The normalized spacial score (nSPS) is 13.7. The molecule has 120 valence electrons. The first-order chi connectivity index (χ1) is 9.78. The number of nitrogens with one attached hydrogen (secondary N) is 1. The molecule has 1 unspecified atom stereocenters. The number of rotatable bonds is 8. The van der Waals surface area contributed by atoms with E-state index in [1.165, 1.54) is 11.1 Å². The highest BCUT2D eigenvalue weighted by Gasteiger charge is 2.15.